The summed E-state index contributed by atoms with van der Waals surface area (Å²) in [5.74, 6) is -3.22. The largest absolute Gasteiger partial charge is 0.490 e. The molecule has 0 saturated carbocycles. The number of benzene rings is 2. The summed E-state index contributed by atoms with van der Waals surface area (Å²) in [6, 6.07) is 7.05. The molecule has 10 heteroatoms. The van der Waals surface area contributed by atoms with Gasteiger partial charge in [-0.2, -0.15) is 13.9 Å². The molecule has 1 fully saturated rings. The van der Waals surface area contributed by atoms with Gasteiger partial charge in [0.15, 0.2) is 5.82 Å². The van der Waals surface area contributed by atoms with Crippen molar-refractivity contribution in [2.24, 2.45) is 5.92 Å². The second-order valence-electron chi connectivity index (χ2n) is 10.7. The normalized spacial score (nSPS) is 18.8. The van der Waals surface area contributed by atoms with Gasteiger partial charge in [-0.3, -0.25) is 0 Å². The summed E-state index contributed by atoms with van der Waals surface area (Å²) in [6.45, 7) is 9.15. The zero-order valence-electron chi connectivity index (χ0n) is 22.0. The minimum atomic E-state index is -3.78. The molecular formula is C28H33F3N4O3. The maximum absolute atomic E-state index is 15.4. The van der Waals surface area contributed by atoms with Gasteiger partial charge in [-0.1, -0.05) is 12.1 Å². The first-order chi connectivity index (χ1) is 18.0. The van der Waals surface area contributed by atoms with E-state index in [1.165, 1.54) is 12.1 Å². The number of nitrogens with one attached hydrogen (secondary N) is 1. The van der Waals surface area contributed by atoms with E-state index in [4.69, 9.17) is 9.47 Å². The van der Waals surface area contributed by atoms with Gasteiger partial charge in [0.2, 0.25) is 0 Å². The van der Waals surface area contributed by atoms with Crippen molar-refractivity contribution in [1.82, 2.24) is 10.2 Å². The highest BCUT2D eigenvalue weighted by Gasteiger charge is 2.49. The lowest BCUT2D eigenvalue weighted by Crippen LogP contribution is -2.41. The molecule has 2 aromatic carbocycles. The SMILES string of the molecule is Cc1nnc(N[C@H](C)c2cccc(C(F)(F)C(C)(C)O)c2F)c2cc3c(cc12)OCCN3CC1CCOC1. The third-order valence-electron chi connectivity index (χ3n) is 7.46. The Bertz CT molecular complexity index is 1340. The van der Waals surface area contributed by atoms with Gasteiger partial charge in [0.05, 0.1) is 36.1 Å². The van der Waals surface area contributed by atoms with E-state index in [0.29, 0.717) is 24.0 Å². The van der Waals surface area contributed by atoms with Crippen molar-refractivity contribution < 1.29 is 27.8 Å². The molecule has 3 aromatic rings. The fraction of sp³-hybridized carbons (Fsp3) is 0.500. The monoisotopic (exact) mass is 530 g/mol. The van der Waals surface area contributed by atoms with Gasteiger partial charge in [-0.25, -0.2) is 4.39 Å². The number of ether oxygens (including phenoxy) is 2. The average molecular weight is 531 g/mol. The lowest BCUT2D eigenvalue weighted by Gasteiger charge is -2.33. The number of nitrogens with zero attached hydrogens (tertiary/aromatic N) is 3. The van der Waals surface area contributed by atoms with Crippen LogP contribution in [0.4, 0.5) is 24.7 Å². The minimum Gasteiger partial charge on any atom is -0.490 e. The summed E-state index contributed by atoms with van der Waals surface area (Å²) in [4.78, 5) is 2.29. The van der Waals surface area contributed by atoms with Gasteiger partial charge in [-0.15, -0.1) is 5.10 Å². The lowest BCUT2D eigenvalue weighted by molar-refractivity contribution is -0.170. The second-order valence-corrected chi connectivity index (χ2v) is 10.7. The van der Waals surface area contributed by atoms with E-state index in [-0.39, 0.29) is 5.56 Å². The van der Waals surface area contributed by atoms with Crippen molar-refractivity contribution in [3.8, 4) is 5.75 Å². The maximum atomic E-state index is 15.4. The summed E-state index contributed by atoms with van der Waals surface area (Å²) in [5.41, 5.74) is -1.60. The van der Waals surface area contributed by atoms with Gasteiger partial charge in [0.25, 0.3) is 0 Å². The molecule has 2 N–H and O–H groups in total. The van der Waals surface area contributed by atoms with Crippen LogP contribution >= 0.6 is 0 Å². The summed E-state index contributed by atoms with van der Waals surface area (Å²) < 4.78 is 56.6. The number of anilines is 2. The van der Waals surface area contributed by atoms with Crippen molar-refractivity contribution in [2.45, 2.75) is 51.7 Å². The van der Waals surface area contributed by atoms with Gasteiger partial charge in [0, 0.05) is 35.4 Å². The van der Waals surface area contributed by atoms with E-state index in [0.717, 1.165) is 74.8 Å². The molecule has 2 aliphatic heterocycles. The molecule has 0 spiro atoms. The molecule has 38 heavy (non-hydrogen) atoms. The van der Waals surface area contributed by atoms with E-state index >= 15 is 4.39 Å². The maximum Gasteiger partial charge on any atom is 0.303 e. The van der Waals surface area contributed by atoms with E-state index in [9.17, 15) is 13.9 Å². The van der Waals surface area contributed by atoms with Crippen molar-refractivity contribution in [3.63, 3.8) is 0 Å². The highest BCUT2D eigenvalue weighted by atomic mass is 19.3. The number of alkyl halides is 2. The van der Waals surface area contributed by atoms with Gasteiger partial charge < -0.3 is 24.8 Å². The fourth-order valence-electron chi connectivity index (χ4n) is 5.12. The van der Waals surface area contributed by atoms with E-state index in [2.05, 4.69) is 20.4 Å². The molecular weight excluding hydrogens is 497 g/mol. The smallest absolute Gasteiger partial charge is 0.303 e. The zero-order chi connectivity index (χ0) is 27.2. The first-order valence-electron chi connectivity index (χ1n) is 12.9. The Balaban J connectivity index is 1.50. The molecule has 1 aromatic heterocycles. The van der Waals surface area contributed by atoms with Crippen LogP contribution < -0.4 is 15.0 Å². The van der Waals surface area contributed by atoms with Crippen LogP contribution in [0, 0.1) is 18.7 Å². The Morgan fingerprint density at radius 1 is 1.18 bits per heavy atom. The molecule has 204 valence electrons. The quantitative estimate of drug-likeness (QED) is 0.426. The number of hydrogen-bond donors (Lipinski definition) is 2. The number of halogens is 3. The molecule has 0 aliphatic carbocycles. The topological polar surface area (TPSA) is 79.7 Å². The molecule has 0 radical (unpaired) electrons. The van der Waals surface area contributed by atoms with Crippen LogP contribution in [0.15, 0.2) is 30.3 Å². The highest BCUT2D eigenvalue weighted by Crippen LogP contribution is 2.42. The Kier molecular flexibility index (Phi) is 6.89. The number of aryl methyl sites for hydroxylation is 1. The Hall–Kier alpha value is -3.11. The summed E-state index contributed by atoms with van der Waals surface area (Å²) in [7, 11) is 0. The van der Waals surface area contributed by atoms with Crippen LogP contribution in [-0.4, -0.2) is 53.8 Å². The van der Waals surface area contributed by atoms with Crippen molar-refractivity contribution in [3.05, 3.63) is 53.0 Å². The minimum absolute atomic E-state index is 0.0334. The molecule has 0 bridgehead atoms. The molecule has 2 aliphatic rings. The van der Waals surface area contributed by atoms with Gasteiger partial charge in [0.1, 0.15) is 23.8 Å². The molecule has 0 amide bonds. The summed E-state index contributed by atoms with van der Waals surface area (Å²) in [5, 5.41) is 23.4. The van der Waals surface area contributed by atoms with Crippen LogP contribution in [0.2, 0.25) is 0 Å². The number of aromatic nitrogens is 2. The second kappa shape index (κ2) is 9.89. The lowest BCUT2D eigenvalue weighted by atomic mass is 9.91. The fourth-order valence-corrected chi connectivity index (χ4v) is 5.12. The molecule has 2 atom stereocenters. The van der Waals surface area contributed by atoms with E-state index in [1.54, 1.807) is 6.92 Å². The number of fused-ring (bicyclic) bond motifs is 2. The van der Waals surface area contributed by atoms with Crippen LogP contribution in [-0.2, 0) is 10.7 Å². The third kappa shape index (κ3) is 4.75. The predicted molar refractivity (Wildman–Crippen MR) is 140 cm³/mol. The van der Waals surface area contributed by atoms with Gasteiger partial charge in [-0.05, 0) is 52.3 Å². The van der Waals surface area contributed by atoms with Crippen LogP contribution in [0.3, 0.4) is 0 Å². The zero-order valence-corrected chi connectivity index (χ0v) is 22.0. The number of hydrogen-bond acceptors (Lipinski definition) is 7. The van der Waals surface area contributed by atoms with Crippen molar-refractivity contribution in [2.75, 3.05) is 43.1 Å². The Morgan fingerprint density at radius 2 is 1.97 bits per heavy atom. The number of aliphatic hydroxyl groups is 1. The molecule has 1 unspecified atom stereocenters. The van der Waals surface area contributed by atoms with Gasteiger partial charge >= 0.3 is 5.92 Å². The standard InChI is InChI=1S/C28H33F3N4O3/c1-16(19-6-5-7-22(25(19)29)28(30,31)27(3,4)36)32-26-21-12-23-24(13-20(21)17(2)33-34-26)38-11-9-35(23)14-18-8-10-37-15-18/h5-7,12-13,16,18,36H,8-11,14-15H2,1-4H3,(H,32,34)/t16-,18?/m1/s1. The molecule has 3 heterocycles. The highest BCUT2D eigenvalue weighted by molar-refractivity contribution is 5.97. The van der Waals surface area contributed by atoms with Crippen LogP contribution in [0.1, 0.15) is 50.1 Å². The molecule has 1 saturated heterocycles. The third-order valence-corrected chi connectivity index (χ3v) is 7.46. The Labute approximate surface area is 220 Å². The summed E-state index contributed by atoms with van der Waals surface area (Å²) >= 11 is 0. The molecule has 5 rings (SSSR count). The average Bonchev–Trinajstić information content (AvgIpc) is 3.37. The first kappa shape index (κ1) is 26.5. The van der Waals surface area contributed by atoms with E-state index in [1.807, 2.05) is 19.1 Å². The summed E-state index contributed by atoms with van der Waals surface area (Å²) in [6.07, 6.45) is 1.02. The first-order valence-corrected chi connectivity index (χ1v) is 12.9. The van der Waals surface area contributed by atoms with E-state index < -0.39 is 28.9 Å². The van der Waals surface area contributed by atoms with Crippen molar-refractivity contribution >= 4 is 22.3 Å². The van der Waals surface area contributed by atoms with Crippen molar-refractivity contribution in [1.29, 1.82) is 0 Å². The molecule has 7 nitrogen and oxygen atoms in total. The van der Waals surface area contributed by atoms with Crippen LogP contribution in [0.25, 0.3) is 10.8 Å². The Morgan fingerprint density at radius 3 is 2.68 bits per heavy atom. The predicted octanol–water partition coefficient (Wildman–Crippen LogP) is 5.35. The van der Waals surface area contributed by atoms with Crippen LogP contribution in [0.5, 0.6) is 5.75 Å². The number of rotatable bonds is 7.